The number of aromatic nitrogens is 1. The quantitative estimate of drug-likeness (QED) is 0.342. The van der Waals surface area contributed by atoms with Crippen molar-refractivity contribution in [2.45, 2.75) is 0 Å². The molecular formula is C22H12N2. The summed E-state index contributed by atoms with van der Waals surface area (Å²) in [5, 5.41) is 1.23. The third kappa shape index (κ3) is 1.73. The Balaban J connectivity index is 1.85. The van der Waals surface area contributed by atoms with Crippen molar-refractivity contribution in [1.29, 1.82) is 0 Å². The monoisotopic (exact) mass is 304 g/mol. The van der Waals surface area contributed by atoms with Gasteiger partial charge < -0.3 is 0 Å². The molecule has 0 fully saturated rings. The molecule has 1 aliphatic carbocycles. The number of fused-ring (bicyclic) bond motifs is 3. The molecule has 0 saturated carbocycles. The van der Waals surface area contributed by atoms with Crippen LogP contribution in [-0.2, 0) is 0 Å². The van der Waals surface area contributed by atoms with Gasteiger partial charge in [0.25, 0.3) is 0 Å². The van der Waals surface area contributed by atoms with Crippen molar-refractivity contribution < 1.29 is 0 Å². The molecule has 1 heterocycles. The van der Waals surface area contributed by atoms with E-state index < -0.39 is 0 Å². The Kier molecular flexibility index (Phi) is 2.60. The minimum absolute atomic E-state index is 0.639. The van der Waals surface area contributed by atoms with Gasteiger partial charge >= 0.3 is 0 Å². The van der Waals surface area contributed by atoms with Gasteiger partial charge in [0.2, 0.25) is 0 Å². The van der Waals surface area contributed by atoms with E-state index in [-0.39, 0.29) is 0 Å². The Morgan fingerprint density at radius 3 is 2.29 bits per heavy atom. The highest BCUT2D eigenvalue weighted by Gasteiger charge is 2.22. The normalized spacial score (nSPS) is 11.3. The summed E-state index contributed by atoms with van der Waals surface area (Å²) in [6.45, 7) is 7.22. The number of rotatable bonds is 1. The van der Waals surface area contributed by atoms with E-state index in [1.54, 1.807) is 0 Å². The predicted octanol–water partition coefficient (Wildman–Crippen LogP) is 6.10. The molecule has 0 aliphatic heterocycles. The van der Waals surface area contributed by atoms with Crippen molar-refractivity contribution in [1.82, 2.24) is 4.98 Å². The standard InChI is InChI=1S/C22H12N2/c1-23-15-7-4-6-14(12-15)21-13-19-17-9-3-2-8-16(17)18-10-5-11-20(24-21)22(18)19/h2-13H. The molecule has 24 heavy (non-hydrogen) atoms. The second-order valence-corrected chi connectivity index (χ2v) is 5.96. The van der Waals surface area contributed by atoms with Crippen LogP contribution in [0.15, 0.2) is 72.8 Å². The molecule has 4 aromatic rings. The van der Waals surface area contributed by atoms with Crippen LogP contribution in [-0.4, -0.2) is 4.98 Å². The van der Waals surface area contributed by atoms with E-state index in [1.807, 2.05) is 24.3 Å². The van der Waals surface area contributed by atoms with Crippen molar-refractivity contribution in [3.8, 4) is 33.5 Å². The average Bonchev–Trinajstić information content (AvgIpc) is 2.98. The van der Waals surface area contributed by atoms with E-state index in [2.05, 4.69) is 53.4 Å². The molecule has 0 amide bonds. The first kappa shape index (κ1) is 13.0. The summed E-state index contributed by atoms with van der Waals surface area (Å²) in [7, 11) is 0. The molecule has 1 aliphatic rings. The zero-order chi connectivity index (χ0) is 16.1. The van der Waals surface area contributed by atoms with Crippen molar-refractivity contribution in [2.75, 3.05) is 0 Å². The lowest BCUT2D eigenvalue weighted by Crippen LogP contribution is -1.87. The lowest BCUT2D eigenvalue weighted by molar-refractivity contribution is 1.41. The van der Waals surface area contributed by atoms with E-state index >= 15 is 0 Å². The third-order valence-corrected chi connectivity index (χ3v) is 4.61. The molecule has 1 aromatic heterocycles. The largest absolute Gasteiger partial charge is 0.248 e. The summed E-state index contributed by atoms with van der Waals surface area (Å²) < 4.78 is 0. The Hall–Kier alpha value is -3.44. The third-order valence-electron chi connectivity index (χ3n) is 4.61. The molecule has 0 N–H and O–H groups in total. The van der Waals surface area contributed by atoms with Gasteiger partial charge in [0.15, 0.2) is 5.69 Å². The lowest BCUT2D eigenvalue weighted by atomic mass is 10.0. The molecule has 0 spiro atoms. The maximum Gasteiger partial charge on any atom is 0.187 e. The van der Waals surface area contributed by atoms with E-state index in [0.717, 1.165) is 16.8 Å². The van der Waals surface area contributed by atoms with Crippen LogP contribution in [0.25, 0.3) is 49.3 Å². The summed E-state index contributed by atoms with van der Waals surface area (Å²) in [5.41, 5.74) is 8.56. The van der Waals surface area contributed by atoms with Crippen LogP contribution in [0.2, 0.25) is 0 Å². The first-order valence-electron chi connectivity index (χ1n) is 7.86. The molecule has 0 saturated heterocycles. The van der Waals surface area contributed by atoms with Crippen LogP contribution < -0.4 is 0 Å². The van der Waals surface area contributed by atoms with Gasteiger partial charge in [-0.3, -0.25) is 0 Å². The summed E-state index contributed by atoms with van der Waals surface area (Å²) in [4.78, 5) is 8.39. The van der Waals surface area contributed by atoms with Crippen molar-refractivity contribution in [3.63, 3.8) is 0 Å². The number of hydrogen-bond acceptors (Lipinski definition) is 1. The molecule has 0 bridgehead atoms. The van der Waals surface area contributed by atoms with Crippen molar-refractivity contribution in [2.24, 2.45) is 0 Å². The Labute approximate surface area is 139 Å². The first-order valence-corrected chi connectivity index (χ1v) is 7.86. The first-order chi connectivity index (χ1) is 11.8. The smallest absolute Gasteiger partial charge is 0.187 e. The molecule has 5 rings (SSSR count). The van der Waals surface area contributed by atoms with Gasteiger partial charge in [-0.15, -0.1) is 0 Å². The number of hydrogen-bond donors (Lipinski definition) is 0. The maximum absolute atomic E-state index is 7.22. The summed E-state index contributed by atoms with van der Waals surface area (Å²) in [6, 6.07) is 24.6. The molecule has 110 valence electrons. The topological polar surface area (TPSA) is 17.2 Å². The van der Waals surface area contributed by atoms with Crippen molar-refractivity contribution >= 4 is 16.6 Å². The molecule has 2 heteroatoms. The zero-order valence-electron chi connectivity index (χ0n) is 12.8. The Bertz CT molecular complexity index is 1170. The number of nitrogens with zero attached hydrogens (tertiary/aromatic N) is 2. The highest BCUT2D eigenvalue weighted by atomic mass is 14.7. The summed E-state index contributed by atoms with van der Waals surface area (Å²) >= 11 is 0. The minimum atomic E-state index is 0.639. The number of pyridine rings is 1. The van der Waals surface area contributed by atoms with Gasteiger partial charge in [0.05, 0.1) is 17.8 Å². The highest BCUT2D eigenvalue weighted by Crippen LogP contribution is 2.47. The molecular weight excluding hydrogens is 292 g/mol. The van der Waals surface area contributed by atoms with Crippen LogP contribution in [0, 0.1) is 6.57 Å². The lowest BCUT2D eigenvalue weighted by Gasteiger charge is -2.07. The zero-order valence-corrected chi connectivity index (χ0v) is 12.8. The Morgan fingerprint density at radius 2 is 1.46 bits per heavy atom. The van der Waals surface area contributed by atoms with Gasteiger partial charge in [-0.2, -0.15) is 0 Å². The van der Waals surface area contributed by atoms with Crippen LogP contribution in [0.5, 0.6) is 0 Å². The fraction of sp³-hybridized carbons (Fsp3) is 0. The minimum Gasteiger partial charge on any atom is -0.248 e. The highest BCUT2D eigenvalue weighted by molar-refractivity contribution is 6.14. The fourth-order valence-electron chi connectivity index (χ4n) is 3.56. The van der Waals surface area contributed by atoms with Crippen molar-refractivity contribution in [3.05, 3.63) is 84.2 Å². The van der Waals surface area contributed by atoms with Gasteiger partial charge in [-0.05, 0) is 46.0 Å². The van der Waals surface area contributed by atoms with E-state index in [9.17, 15) is 0 Å². The Morgan fingerprint density at radius 1 is 0.708 bits per heavy atom. The van der Waals surface area contributed by atoms with E-state index in [1.165, 1.54) is 27.6 Å². The van der Waals surface area contributed by atoms with Crippen LogP contribution in [0.3, 0.4) is 0 Å². The second kappa shape index (κ2) is 4.78. The molecule has 2 nitrogen and oxygen atoms in total. The molecule has 0 radical (unpaired) electrons. The SMILES string of the molecule is [C-]#[N+]c1cccc(-c2cc3c4c(cccc4n2)-c2ccccc2-3)c1. The van der Waals surface area contributed by atoms with Gasteiger partial charge in [0, 0.05) is 5.39 Å². The van der Waals surface area contributed by atoms with E-state index in [4.69, 9.17) is 11.6 Å². The predicted molar refractivity (Wildman–Crippen MR) is 97.9 cm³/mol. The average molecular weight is 304 g/mol. The summed E-state index contributed by atoms with van der Waals surface area (Å²) in [6.07, 6.45) is 0. The van der Waals surface area contributed by atoms with Crippen LogP contribution in [0.4, 0.5) is 5.69 Å². The van der Waals surface area contributed by atoms with E-state index in [0.29, 0.717) is 5.69 Å². The van der Waals surface area contributed by atoms with Crippen LogP contribution in [0.1, 0.15) is 0 Å². The fourth-order valence-corrected chi connectivity index (χ4v) is 3.56. The number of benzene rings is 3. The molecule has 0 unspecified atom stereocenters. The maximum atomic E-state index is 7.22. The molecule has 3 aromatic carbocycles. The van der Waals surface area contributed by atoms with Gasteiger partial charge in [-0.1, -0.05) is 54.6 Å². The van der Waals surface area contributed by atoms with Gasteiger partial charge in [-0.25, -0.2) is 9.83 Å². The second-order valence-electron chi connectivity index (χ2n) is 5.96. The van der Waals surface area contributed by atoms with Crippen LogP contribution >= 0.6 is 0 Å². The molecule has 0 atom stereocenters. The summed E-state index contributed by atoms with van der Waals surface area (Å²) in [5.74, 6) is 0. The van der Waals surface area contributed by atoms with Gasteiger partial charge in [0.1, 0.15) is 0 Å².